The Kier molecular flexibility index (Phi) is 7.37. The van der Waals surface area contributed by atoms with Crippen LogP contribution in [0.3, 0.4) is 0 Å². The minimum Gasteiger partial charge on any atom is -0.484 e. The highest BCUT2D eigenvalue weighted by Gasteiger charge is 2.29. The van der Waals surface area contributed by atoms with Crippen LogP contribution in [0.2, 0.25) is 0 Å². The van der Waals surface area contributed by atoms with Gasteiger partial charge in [-0.3, -0.25) is 9.59 Å². The molecule has 0 saturated carbocycles. The highest BCUT2D eigenvalue weighted by molar-refractivity contribution is 5.88. The highest BCUT2D eigenvalue weighted by Crippen LogP contribution is 2.16. The van der Waals surface area contributed by atoms with Crippen molar-refractivity contribution >= 4 is 11.8 Å². The van der Waals surface area contributed by atoms with Gasteiger partial charge >= 0.3 is 0 Å². The molecule has 0 fully saturated rings. The Labute approximate surface area is 171 Å². The number of nitrogens with zero attached hydrogens (tertiary/aromatic N) is 1. The fourth-order valence-corrected chi connectivity index (χ4v) is 2.80. The van der Waals surface area contributed by atoms with Crippen LogP contribution in [0, 0.1) is 12.7 Å². The standard InChI is InChI=1S/C23H29FN2O3/c1-16-9-8-11-19(13-16)29-15-21(27)26(14-18-10-6-7-12-20(18)24)17(2)22(28)25-23(3,4)5/h6-13,17H,14-15H2,1-5H3,(H,25,28). The molecule has 0 heterocycles. The van der Waals surface area contributed by atoms with Crippen molar-refractivity contribution in [3.8, 4) is 5.75 Å². The van der Waals surface area contributed by atoms with E-state index in [2.05, 4.69) is 5.32 Å². The van der Waals surface area contributed by atoms with Gasteiger partial charge in [0.05, 0.1) is 0 Å². The van der Waals surface area contributed by atoms with Crippen LogP contribution in [-0.4, -0.2) is 34.9 Å². The molecule has 0 radical (unpaired) electrons. The van der Waals surface area contributed by atoms with Crippen LogP contribution >= 0.6 is 0 Å². The monoisotopic (exact) mass is 400 g/mol. The maximum absolute atomic E-state index is 14.2. The number of halogens is 1. The van der Waals surface area contributed by atoms with E-state index in [9.17, 15) is 14.0 Å². The van der Waals surface area contributed by atoms with Crippen LogP contribution in [0.15, 0.2) is 48.5 Å². The van der Waals surface area contributed by atoms with Crippen molar-refractivity contribution in [2.75, 3.05) is 6.61 Å². The second-order valence-electron chi connectivity index (χ2n) is 8.13. The van der Waals surface area contributed by atoms with E-state index in [1.54, 1.807) is 31.2 Å². The lowest BCUT2D eigenvalue weighted by Gasteiger charge is -2.31. The molecule has 6 heteroatoms. The molecule has 1 N–H and O–H groups in total. The van der Waals surface area contributed by atoms with E-state index in [0.29, 0.717) is 11.3 Å². The molecule has 2 aromatic rings. The zero-order valence-electron chi connectivity index (χ0n) is 17.7. The molecule has 0 aromatic heterocycles. The molecule has 156 valence electrons. The zero-order valence-corrected chi connectivity index (χ0v) is 17.7. The third kappa shape index (κ3) is 6.89. The van der Waals surface area contributed by atoms with E-state index in [-0.39, 0.29) is 19.1 Å². The molecule has 2 aromatic carbocycles. The quantitative estimate of drug-likeness (QED) is 0.768. The SMILES string of the molecule is Cc1cccc(OCC(=O)N(Cc2ccccc2F)C(C)C(=O)NC(C)(C)C)c1. The van der Waals surface area contributed by atoms with Crippen LogP contribution in [0.1, 0.15) is 38.8 Å². The van der Waals surface area contributed by atoms with Gasteiger partial charge in [-0.2, -0.15) is 0 Å². The molecule has 0 aliphatic heterocycles. The average Bonchev–Trinajstić information content (AvgIpc) is 2.63. The number of benzene rings is 2. The molecule has 0 spiro atoms. The van der Waals surface area contributed by atoms with E-state index >= 15 is 0 Å². The maximum Gasteiger partial charge on any atom is 0.261 e. The third-order valence-corrected chi connectivity index (χ3v) is 4.32. The van der Waals surface area contributed by atoms with Crippen molar-refractivity contribution in [1.29, 1.82) is 0 Å². The summed E-state index contributed by atoms with van der Waals surface area (Å²) in [5, 5.41) is 2.87. The topological polar surface area (TPSA) is 58.6 Å². The number of rotatable bonds is 7. The lowest BCUT2D eigenvalue weighted by Crippen LogP contribution is -2.53. The summed E-state index contributed by atoms with van der Waals surface area (Å²) >= 11 is 0. The Morgan fingerprint density at radius 2 is 1.83 bits per heavy atom. The number of carbonyl (C=O) groups is 2. The van der Waals surface area contributed by atoms with Gasteiger partial charge in [-0.05, 0) is 58.4 Å². The minimum absolute atomic E-state index is 0.0264. The molecule has 0 saturated heterocycles. The van der Waals surface area contributed by atoms with Crippen molar-refractivity contribution in [3.05, 3.63) is 65.5 Å². The predicted octanol–water partition coefficient (Wildman–Crippen LogP) is 3.84. The van der Waals surface area contributed by atoms with Gasteiger partial charge in [0.2, 0.25) is 5.91 Å². The van der Waals surface area contributed by atoms with Crippen LogP contribution in [0.5, 0.6) is 5.75 Å². The first-order valence-electron chi connectivity index (χ1n) is 9.61. The number of hydrogen-bond acceptors (Lipinski definition) is 3. The van der Waals surface area contributed by atoms with Crippen LogP contribution in [-0.2, 0) is 16.1 Å². The second-order valence-corrected chi connectivity index (χ2v) is 8.13. The van der Waals surface area contributed by atoms with Crippen molar-refractivity contribution in [2.24, 2.45) is 0 Å². The van der Waals surface area contributed by atoms with Gasteiger partial charge in [0, 0.05) is 17.6 Å². The molecule has 5 nitrogen and oxygen atoms in total. The fraction of sp³-hybridized carbons (Fsp3) is 0.391. The molecular weight excluding hydrogens is 371 g/mol. The predicted molar refractivity (Wildman–Crippen MR) is 111 cm³/mol. The summed E-state index contributed by atoms with van der Waals surface area (Å²) in [5.41, 5.74) is 0.902. The average molecular weight is 400 g/mol. The molecule has 0 bridgehead atoms. The molecule has 0 aliphatic carbocycles. The van der Waals surface area contributed by atoms with E-state index in [1.807, 2.05) is 45.9 Å². The number of hydrogen-bond donors (Lipinski definition) is 1. The Balaban J connectivity index is 2.19. The zero-order chi connectivity index (χ0) is 21.6. The van der Waals surface area contributed by atoms with Gasteiger partial charge in [-0.1, -0.05) is 30.3 Å². The van der Waals surface area contributed by atoms with Gasteiger partial charge < -0.3 is 15.0 Å². The van der Waals surface area contributed by atoms with Gasteiger partial charge in [0.15, 0.2) is 6.61 Å². The fourth-order valence-electron chi connectivity index (χ4n) is 2.80. The Morgan fingerprint density at radius 1 is 1.14 bits per heavy atom. The third-order valence-electron chi connectivity index (χ3n) is 4.32. The van der Waals surface area contributed by atoms with Crippen molar-refractivity contribution in [3.63, 3.8) is 0 Å². The molecule has 2 amide bonds. The van der Waals surface area contributed by atoms with Crippen LogP contribution in [0.25, 0.3) is 0 Å². The number of aryl methyl sites for hydroxylation is 1. The Bertz CT molecular complexity index is 861. The molecule has 2 rings (SSSR count). The second kappa shape index (κ2) is 9.54. The summed E-state index contributed by atoms with van der Waals surface area (Å²) in [6.07, 6.45) is 0. The normalized spacial score (nSPS) is 12.2. The number of ether oxygens (including phenoxy) is 1. The number of carbonyl (C=O) groups excluding carboxylic acids is 2. The first-order valence-corrected chi connectivity index (χ1v) is 9.61. The number of nitrogens with one attached hydrogen (secondary N) is 1. The molecular formula is C23H29FN2O3. The molecule has 1 atom stereocenters. The van der Waals surface area contributed by atoms with Crippen LogP contribution in [0.4, 0.5) is 4.39 Å². The van der Waals surface area contributed by atoms with Gasteiger partial charge in [-0.25, -0.2) is 4.39 Å². The molecule has 1 unspecified atom stereocenters. The van der Waals surface area contributed by atoms with Gasteiger partial charge in [0.1, 0.15) is 17.6 Å². The van der Waals surface area contributed by atoms with Crippen LogP contribution < -0.4 is 10.1 Å². The lowest BCUT2D eigenvalue weighted by molar-refractivity contribution is -0.142. The van der Waals surface area contributed by atoms with E-state index in [1.165, 1.54) is 11.0 Å². The molecule has 0 aliphatic rings. The van der Waals surface area contributed by atoms with Gasteiger partial charge in [0.25, 0.3) is 5.91 Å². The number of amides is 2. The van der Waals surface area contributed by atoms with E-state index < -0.39 is 23.3 Å². The van der Waals surface area contributed by atoms with Crippen molar-refractivity contribution in [2.45, 2.75) is 52.7 Å². The smallest absolute Gasteiger partial charge is 0.261 e. The summed E-state index contributed by atoms with van der Waals surface area (Å²) in [6.45, 7) is 8.88. The van der Waals surface area contributed by atoms with Crippen molar-refractivity contribution < 1.29 is 18.7 Å². The first-order chi connectivity index (χ1) is 13.6. The van der Waals surface area contributed by atoms with Gasteiger partial charge in [-0.15, -0.1) is 0 Å². The minimum atomic E-state index is -0.789. The largest absolute Gasteiger partial charge is 0.484 e. The Hall–Kier alpha value is -2.89. The first kappa shape index (κ1) is 22.4. The Morgan fingerprint density at radius 3 is 2.45 bits per heavy atom. The summed E-state index contributed by atoms with van der Waals surface area (Å²) in [5.74, 6) is -0.562. The van der Waals surface area contributed by atoms with E-state index in [0.717, 1.165) is 5.56 Å². The van der Waals surface area contributed by atoms with E-state index in [4.69, 9.17) is 4.74 Å². The maximum atomic E-state index is 14.2. The highest BCUT2D eigenvalue weighted by atomic mass is 19.1. The summed E-state index contributed by atoms with van der Waals surface area (Å²) in [7, 11) is 0. The summed E-state index contributed by atoms with van der Waals surface area (Å²) in [6, 6.07) is 12.8. The summed E-state index contributed by atoms with van der Waals surface area (Å²) in [4.78, 5) is 26.9. The lowest BCUT2D eigenvalue weighted by atomic mass is 10.1. The molecule has 29 heavy (non-hydrogen) atoms. The van der Waals surface area contributed by atoms with Crippen molar-refractivity contribution in [1.82, 2.24) is 10.2 Å². The summed E-state index contributed by atoms with van der Waals surface area (Å²) < 4.78 is 19.8.